The lowest BCUT2D eigenvalue weighted by Gasteiger charge is -2.12. The quantitative estimate of drug-likeness (QED) is 0.403. The Bertz CT molecular complexity index is 987. The summed E-state index contributed by atoms with van der Waals surface area (Å²) >= 11 is 1.52. The van der Waals surface area contributed by atoms with E-state index in [1.54, 1.807) is 0 Å². The molecular formula is C20H18N4O2S. The number of imide groups is 1. The topological polar surface area (TPSA) is 79.0 Å². The maximum atomic E-state index is 12.8. The molecule has 0 fully saturated rings. The van der Waals surface area contributed by atoms with Gasteiger partial charge in [0.15, 0.2) is 5.16 Å². The monoisotopic (exact) mass is 378 g/mol. The van der Waals surface area contributed by atoms with Crippen molar-refractivity contribution in [1.29, 1.82) is 0 Å². The number of hydrogen-bond donors (Lipinski definition) is 1. The molecule has 136 valence electrons. The van der Waals surface area contributed by atoms with Gasteiger partial charge in [0.1, 0.15) is 6.33 Å². The van der Waals surface area contributed by atoms with E-state index in [1.807, 2.05) is 49.4 Å². The lowest BCUT2D eigenvalue weighted by Crippen LogP contribution is -2.31. The van der Waals surface area contributed by atoms with Gasteiger partial charge in [0, 0.05) is 12.3 Å². The third-order valence-corrected chi connectivity index (χ3v) is 5.53. The minimum atomic E-state index is -0.211. The normalized spacial score (nSPS) is 13.3. The van der Waals surface area contributed by atoms with Crippen LogP contribution >= 0.6 is 11.8 Å². The SMILES string of the molecule is Cc1cc2c(cc1-c1ccccc1)C(=O)N(CCCSc1nnc[nH]1)C2=O. The standard InChI is InChI=1S/C20H18N4O2S/c1-13-10-16-17(11-15(13)14-6-3-2-4-7-14)19(26)24(18(16)25)8-5-9-27-20-21-12-22-23-20/h2-4,6-7,10-12H,5,8-9H2,1H3,(H,21,22,23). The Morgan fingerprint density at radius 2 is 1.78 bits per heavy atom. The zero-order valence-electron chi connectivity index (χ0n) is 14.8. The van der Waals surface area contributed by atoms with Crippen LogP contribution in [0, 0.1) is 6.92 Å². The number of hydrogen-bond acceptors (Lipinski definition) is 5. The van der Waals surface area contributed by atoms with Crippen LogP contribution in [-0.4, -0.2) is 44.2 Å². The van der Waals surface area contributed by atoms with Crippen molar-refractivity contribution < 1.29 is 9.59 Å². The number of carbonyl (C=O) groups is 2. The average Bonchev–Trinajstić information content (AvgIpc) is 3.28. The molecule has 2 heterocycles. The number of rotatable bonds is 6. The fourth-order valence-corrected chi connectivity index (χ4v) is 3.94. The van der Waals surface area contributed by atoms with Gasteiger partial charge in [-0.2, -0.15) is 0 Å². The second-order valence-corrected chi connectivity index (χ2v) is 7.42. The summed E-state index contributed by atoms with van der Waals surface area (Å²) < 4.78 is 0. The molecule has 3 aromatic rings. The van der Waals surface area contributed by atoms with E-state index in [1.165, 1.54) is 23.0 Å². The fourth-order valence-electron chi connectivity index (χ4n) is 3.23. The first-order valence-electron chi connectivity index (χ1n) is 8.70. The van der Waals surface area contributed by atoms with Gasteiger partial charge in [-0.1, -0.05) is 42.1 Å². The smallest absolute Gasteiger partial charge is 0.261 e. The van der Waals surface area contributed by atoms with Gasteiger partial charge < -0.3 is 4.98 Å². The van der Waals surface area contributed by atoms with Gasteiger partial charge in [0.2, 0.25) is 0 Å². The molecule has 0 unspecified atom stereocenters. The van der Waals surface area contributed by atoms with Crippen molar-refractivity contribution in [1.82, 2.24) is 20.1 Å². The zero-order chi connectivity index (χ0) is 18.8. The second-order valence-electron chi connectivity index (χ2n) is 6.34. The summed E-state index contributed by atoms with van der Waals surface area (Å²) in [5.41, 5.74) is 4.01. The lowest BCUT2D eigenvalue weighted by molar-refractivity contribution is 0.0655. The van der Waals surface area contributed by atoms with Crippen molar-refractivity contribution >= 4 is 23.6 Å². The van der Waals surface area contributed by atoms with Crippen molar-refractivity contribution in [2.45, 2.75) is 18.5 Å². The maximum absolute atomic E-state index is 12.8. The van der Waals surface area contributed by atoms with Crippen molar-refractivity contribution in [3.05, 3.63) is 65.5 Å². The second kappa shape index (κ2) is 7.36. The summed E-state index contributed by atoms with van der Waals surface area (Å²) in [6.07, 6.45) is 2.22. The molecule has 1 aliphatic heterocycles. The first kappa shape index (κ1) is 17.5. The third kappa shape index (κ3) is 3.38. The van der Waals surface area contributed by atoms with E-state index in [9.17, 15) is 9.59 Å². The Hall–Kier alpha value is -2.93. The van der Waals surface area contributed by atoms with Crippen LogP contribution in [0.5, 0.6) is 0 Å². The molecule has 2 aromatic carbocycles. The number of H-pyrrole nitrogens is 1. The van der Waals surface area contributed by atoms with Crippen molar-refractivity contribution in [2.24, 2.45) is 0 Å². The maximum Gasteiger partial charge on any atom is 0.261 e. The van der Waals surface area contributed by atoms with Crippen LogP contribution in [0.3, 0.4) is 0 Å². The summed E-state index contributed by atoms with van der Waals surface area (Å²) in [6.45, 7) is 2.37. The predicted molar refractivity (Wildman–Crippen MR) is 104 cm³/mol. The number of carbonyl (C=O) groups excluding carboxylic acids is 2. The number of benzene rings is 2. The van der Waals surface area contributed by atoms with E-state index in [-0.39, 0.29) is 11.8 Å². The molecule has 6 nitrogen and oxygen atoms in total. The van der Waals surface area contributed by atoms with Crippen LogP contribution in [0.2, 0.25) is 0 Å². The Morgan fingerprint density at radius 1 is 1.04 bits per heavy atom. The summed E-state index contributed by atoms with van der Waals surface area (Å²) in [5, 5.41) is 8.37. The van der Waals surface area contributed by atoms with E-state index < -0.39 is 0 Å². The summed E-state index contributed by atoms with van der Waals surface area (Å²) in [4.78, 5) is 29.8. The van der Waals surface area contributed by atoms with Gasteiger partial charge in [-0.15, -0.1) is 10.2 Å². The van der Waals surface area contributed by atoms with E-state index in [0.717, 1.165) is 27.6 Å². The lowest BCUT2D eigenvalue weighted by atomic mass is 9.95. The molecule has 1 aliphatic rings. The largest absolute Gasteiger partial charge is 0.323 e. The van der Waals surface area contributed by atoms with E-state index in [0.29, 0.717) is 24.1 Å². The fraction of sp³-hybridized carbons (Fsp3) is 0.200. The summed E-state index contributed by atoms with van der Waals surface area (Å²) in [5.74, 6) is 0.330. The van der Waals surface area contributed by atoms with Crippen LogP contribution in [0.1, 0.15) is 32.7 Å². The predicted octanol–water partition coefficient (Wildman–Crippen LogP) is 3.56. The molecule has 0 aliphatic carbocycles. The van der Waals surface area contributed by atoms with Crippen LogP contribution in [0.25, 0.3) is 11.1 Å². The van der Waals surface area contributed by atoms with E-state index >= 15 is 0 Å². The minimum absolute atomic E-state index is 0.206. The number of fused-ring (bicyclic) bond motifs is 1. The Kier molecular flexibility index (Phi) is 4.77. The average molecular weight is 378 g/mol. The number of nitrogens with zero attached hydrogens (tertiary/aromatic N) is 3. The summed E-state index contributed by atoms with van der Waals surface area (Å²) in [6, 6.07) is 13.6. The molecule has 0 atom stereocenters. The van der Waals surface area contributed by atoms with E-state index in [2.05, 4.69) is 15.2 Å². The molecule has 27 heavy (non-hydrogen) atoms. The highest BCUT2D eigenvalue weighted by Gasteiger charge is 2.35. The van der Waals surface area contributed by atoms with Crippen molar-refractivity contribution in [3.8, 4) is 11.1 Å². The van der Waals surface area contributed by atoms with Crippen LogP contribution < -0.4 is 0 Å². The number of aromatic amines is 1. The van der Waals surface area contributed by atoms with Gasteiger partial charge in [-0.25, -0.2) is 0 Å². The number of aryl methyl sites for hydroxylation is 1. The molecular weight excluding hydrogens is 360 g/mol. The number of amides is 2. The molecule has 0 bridgehead atoms. The molecule has 0 saturated carbocycles. The van der Waals surface area contributed by atoms with Gasteiger partial charge >= 0.3 is 0 Å². The molecule has 2 amide bonds. The van der Waals surface area contributed by atoms with Gasteiger partial charge in [-0.05, 0) is 42.2 Å². The number of thioether (sulfide) groups is 1. The van der Waals surface area contributed by atoms with Gasteiger partial charge in [0.05, 0.1) is 11.1 Å². The van der Waals surface area contributed by atoms with Crippen molar-refractivity contribution in [3.63, 3.8) is 0 Å². The molecule has 1 N–H and O–H groups in total. The van der Waals surface area contributed by atoms with Crippen LogP contribution in [0.4, 0.5) is 0 Å². The summed E-state index contributed by atoms with van der Waals surface area (Å²) in [7, 11) is 0. The Balaban J connectivity index is 1.50. The Labute approximate surface area is 161 Å². The number of aromatic nitrogens is 3. The molecule has 4 rings (SSSR count). The highest BCUT2D eigenvalue weighted by Crippen LogP contribution is 2.31. The van der Waals surface area contributed by atoms with E-state index in [4.69, 9.17) is 0 Å². The molecule has 0 saturated heterocycles. The third-order valence-electron chi connectivity index (χ3n) is 4.56. The highest BCUT2D eigenvalue weighted by atomic mass is 32.2. The van der Waals surface area contributed by atoms with Crippen LogP contribution in [-0.2, 0) is 0 Å². The first-order valence-corrected chi connectivity index (χ1v) is 9.69. The van der Waals surface area contributed by atoms with Gasteiger partial charge in [0.25, 0.3) is 11.8 Å². The van der Waals surface area contributed by atoms with Gasteiger partial charge in [-0.3, -0.25) is 14.5 Å². The zero-order valence-corrected chi connectivity index (χ0v) is 15.6. The first-order chi connectivity index (χ1) is 13.1. The molecule has 0 spiro atoms. The molecule has 0 radical (unpaired) electrons. The van der Waals surface area contributed by atoms with Crippen LogP contribution in [0.15, 0.2) is 53.9 Å². The molecule has 7 heteroatoms. The van der Waals surface area contributed by atoms with Crippen molar-refractivity contribution in [2.75, 3.05) is 12.3 Å². The number of nitrogens with one attached hydrogen (secondary N) is 1. The Morgan fingerprint density at radius 3 is 2.48 bits per heavy atom. The highest BCUT2D eigenvalue weighted by molar-refractivity contribution is 7.99. The molecule has 1 aromatic heterocycles. The minimum Gasteiger partial charge on any atom is -0.323 e.